The van der Waals surface area contributed by atoms with Gasteiger partial charge in [0.25, 0.3) is 0 Å². The number of nitrogens with one attached hydrogen (secondary N) is 1. The molecule has 1 rings (SSSR count). The van der Waals surface area contributed by atoms with Gasteiger partial charge in [-0.3, -0.25) is 0 Å². The normalized spacial score (nSPS) is 12.0. The molecule has 0 fully saturated rings. The second-order valence-corrected chi connectivity index (χ2v) is 3.82. The summed E-state index contributed by atoms with van der Waals surface area (Å²) in [6, 6.07) is 4.36. The van der Waals surface area contributed by atoms with Gasteiger partial charge in [0.2, 0.25) is 0 Å². The van der Waals surface area contributed by atoms with Crippen molar-refractivity contribution in [1.82, 2.24) is 4.98 Å². The number of rotatable bonds is 3. The van der Waals surface area contributed by atoms with E-state index in [0.717, 1.165) is 0 Å². The Bertz CT molecular complexity index is 243. The van der Waals surface area contributed by atoms with Gasteiger partial charge in [-0.2, -0.15) is 0 Å². The van der Waals surface area contributed by atoms with Crippen molar-refractivity contribution < 1.29 is 0 Å². The van der Waals surface area contributed by atoms with E-state index in [9.17, 15) is 0 Å². The maximum atomic E-state index is 3.42. The molecule has 0 aliphatic heterocycles. The van der Waals surface area contributed by atoms with Crippen LogP contribution < -0.4 is 0 Å². The Balaban J connectivity index is 2.94. The van der Waals surface area contributed by atoms with E-state index in [1.807, 2.05) is 0 Å². The van der Waals surface area contributed by atoms with Gasteiger partial charge in [-0.1, -0.05) is 20.8 Å². The van der Waals surface area contributed by atoms with Crippen molar-refractivity contribution >= 4 is 0 Å². The molecule has 0 aliphatic carbocycles. The van der Waals surface area contributed by atoms with Crippen molar-refractivity contribution in [1.29, 1.82) is 0 Å². The molecule has 1 aromatic rings. The van der Waals surface area contributed by atoms with Crippen LogP contribution in [0.3, 0.4) is 0 Å². The molecule has 1 nitrogen and oxygen atoms in total. The molecule has 12 heavy (non-hydrogen) atoms. The zero-order chi connectivity index (χ0) is 9.19. The summed E-state index contributed by atoms with van der Waals surface area (Å²) < 4.78 is 0. The van der Waals surface area contributed by atoms with Crippen molar-refractivity contribution in [2.24, 2.45) is 0 Å². The highest BCUT2D eigenvalue weighted by Gasteiger charge is 2.22. The number of aromatic nitrogens is 1. The fourth-order valence-corrected chi connectivity index (χ4v) is 1.49. The summed E-state index contributed by atoms with van der Waals surface area (Å²) in [5.41, 5.74) is 2.98. The Kier molecular flexibility index (Phi) is 2.61. The molecule has 0 bridgehead atoms. The quantitative estimate of drug-likeness (QED) is 0.706. The predicted molar refractivity (Wildman–Crippen MR) is 53.5 cm³/mol. The molecule has 0 saturated carbocycles. The lowest BCUT2D eigenvalue weighted by molar-refractivity contribution is 0.427. The first-order chi connectivity index (χ1) is 5.62. The summed E-state index contributed by atoms with van der Waals surface area (Å²) in [6.45, 7) is 8.92. The van der Waals surface area contributed by atoms with Crippen LogP contribution in [-0.4, -0.2) is 4.98 Å². The zero-order valence-corrected chi connectivity index (χ0v) is 8.57. The van der Waals surface area contributed by atoms with E-state index in [1.54, 1.807) is 0 Å². The molecule has 0 radical (unpaired) electrons. The van der Waals surface area contributed by atoms with Gasteiger partial charge in [-0.05, 0) is 31.9 Å². The zero-order valence-electron chi connectivity index (χ0n) is 8.57. The third-order valence-corrected chi connectivity index (χ3v) is 3.04. The minimum Gasteiger partial charge on any atom is -0.362 e. The minimum absolute atomic E-state index is 0.342. The Labute approximate surface area is 75.2 Å². The molecule has 0 saturated heterocycles. The van der Waals surface area contributed by atoms with Crippen LogP contribution in [0.4, 0.5) is 0 Å². The smallest absolute Gasteiger partial charge is 0.0209 e. The summed E-state index contributed by atoms with van der Waals surface area (Å²) in [7, 11) is 0. The van der Waals surface area contributed by atoms with Crippen LogP contribution in [0.5, 0.6) is 0 Å². The van der Waals surface area contributed by atoms with Crippen LogP contribution >= 0.6 is 0 Å². The topological polar surface area (TPSA) is 15.8 Å². The van der Waals surface area contributed by atoms with Crippen molar-refractivity contribution in [2.75, 3.05) is 0 Å². The number of hydrogen-bond acceptors (Lipinski definition) is 0. The lowest BCUT2D eigenvalue weighted by Crippen LogP contribution is -2.19. The molecule has 1 N–H and O–H groups in total. The average Bonchev–Trinajstić information content (AvgIpc) is 2.51. The SMILES string of the molecule is CCC(C)(CC)c1ccc(C)[nH]1. The molecule has 0 aliphatic rings. The van der Waals surface area contributed by atoms with E-state index >= 15 is 0 Å². The molecule has 0 amide bonds. The summed E-state index contributed by atoms with van der Waals surface area (Å²) in [6.07, 6.45) is 2.40. The third kappa shape index (κ3) is 1.55. The summed E-state index contributed by atoms with van der Waals surface area (Å²) in [5.74, 6) is 0. The average molecular weight is 165 g/mol. The van der Waals surface area contributed by atoms with Crippen LogP contribution in [0.2, 0.25) is 0 Å². The Morgan fingerprint density at radius 2 is 1.83 bits per heavy atom. The third-order valence-electron chi connectivity index (χ3n) is 3.04. The van der Waals surface area contributed by atoms with Crippen LogP contribution in [0.1, 0.15) is 45.0 Å². The second kappa shape index (κ2) is 3.34. The highest BCUT2D eigenvalue weighted by molar-refractivity contribution is 5.20. The molecule has 0 spiro atoms. The van der Waals surface area contributed by atoms with Gasteiger partial charge in [0.05, 0.1) is 0 Å². The van der Waals surface area contributed by atoms with E-state index in [-0.39, 0.29) is 0 Å². The molecule has 1 heteroatoms. The first-order valence-electron chi connectivity index (χ1n) is 4.78. The van der Waals surface area contributed by atoms with Gasteiger partial charge in [0.15, 0.2) is 0 Å². The number of aromatic amines is 1. The van der Waals surface area contributed by atoms with Crippen LogP contribution in [-0.2, 0) is 5.41 Å². The predicted octanol–water partition coefficient (Wildman–Crippen LogP) is 3.40. The van der Waals surface area contributed by atoms with Gasteiger partial charge in [0, 0.05) is 16.8 Å². The standard InChI is InChI=1S/C11H19N/c1-5-11(4,6-2)10-8-7-9(3)12-10/h7-8,12H,5-6H2,1-4H3. The largest absolute Gasteiger partial charge is 0.362 e. The van der Waals surface area contributed by atoms with Crippen LogP contribution in [0, 0.1) is 6.92 Å². The van der Waals surface area contributed by atoms with Gasteiger partial charge in [0.1, 0.15) is 0 Å². The molecular formula is C11H19N. The maximum absolute atomic E-state index is 3.42. The van der Waals surface area contributed by atoms with Gasteiger partial charge in [-0.25, -0.2) is 0 Å². The Morgan fingerprint density at radius 1 is 1.25 bits per heavy atom. The van der Waals surface area contributed by atoms with E-state index in [4.69, 9.17) is 0 Å². The monoisotopic (exact) mass is 165 g/mol. The Morgan fingerprint density at radius 3 is 2.17 bits per heavy atom. The highest BCUT2D eigenvalue weighted by Crippen LogP contribution is 2.29. The number of hydrogen-bond donors (Lipinski definition) is 1. The van der Waals surface area contributed by atoms with Gasteiger partial charge in [-0.15, -0.1) is 0 Å². The van der Waals surface area contributed by atoms with E-state index < -0.39 is 0 Å². The first kappa shape index (κ1) is 9.37. The van der Waals surface area contributed by atoms with Gasteiger partial charge >= 0.3 is 0 Å². The molecule has 0 aromatic carbocycles. The van der Waals surface area contributed by atoms with Gasteiger partial charge < -0.3 is 4.98 Å². The Hall–Kier alpha value is -0.720. The van der Waals surface area contributed by atoms with E-state index in [1.165, 1.54) is 24.2 Å². The van der Waals surface area contributed by atoms with E-state index in [0.29, 0.717) is 5.41 Å². The summed E-state index contributed by atoms with van der Waals surface area (Å²) >= 11 is 0. The fourth-order valence-electron chi connectivity index (χ4n) is 1.49. The summed E-state index contributed by atoms with van der Waals surface area (Å²) in [5, 5.41) is 0. The van der Waals surface area contributed by atoms with E-state index in [2.05, 4.69) is 44.8 Å². The number of aryl methyl sites for hydroxylation is 1. The lowest BCUT2D eigenvalue weighted by Gasteiger charge is -2.25. The molecule has 1 aromatic heterocycles. The van der Waals surface area contributed by atoms with Crippen molar-refractivity contribution in [3.8, 4) is 0 Å². The van der Waals surface area contributed by atoms with Crippen LogP contribution in [0.25, 0.3) is 0 Å². The minimum atomic E-state index is 0.342. The van der Waals surface area contributed by atoms with Crippen molar-refractivity contribution in [3.05, 3.63) is 23.5 Å². The molecule has 0 atom stereocenters. The second-order valence-electron chi connectivity index (χ2n) is 3.82. The highest BCUT2D eigenvalue weighted by atomic mass is 14.7. The maximum Gasteiger partial charge on any atom is 0.0209 e. The molecule has 68 valence electrons. The molecule has 0 unspecified atom stereocenters. The fraction of sp³-hybridized carbons (Fsp3) is 0.636. The molecular weight excluding hydrogens is 146 g/mol. The summed E-state index contributed by atoms with van der Waals surface area (Å²) in [4.78, 5) is 3.42. The van der Waals surface area contributed by atoms with Crippen molar-refractivity contribution in [2.45, 2.75) is 46.0 Å². The lowest BCUT2D eigenvalue weighted by atomic mass is 9.82. The number of H-pyrrole nitrogens is 1. The van der Waals surface area contributed by atoms with Crippen molar-refractivity contribution in [3.63, 3.8) is 0 Å². The first-order valence-corrected chi connectivity index (χ1v) is 4.78. The van der Waals surface area contributed by atoms with Crippen LogP contribution in [0.15, 0.2) is 12.1 Å². The molecule has 1 heterocycles.